The van der Waals surface area contributed by atoms with E-state index in [9.17, 15) is 0 Å². The summed E-state index contributed by atoms with van der Waals surface area (Å²) in [5.41, 5.74) is 19.8. The second-order valence-electron chi connectivity index (χ2n) is 14.0. The molecule has 3 atom stereocenters. The van der Waals surface area contributed by atoms with Crippen LogP contribution in [0.2, 0.25) is 0 Å². The van der Waals surface area contributed by atoms with Crippen LogP contribution in [0.1, 0.15) is 96.0 Å². The number of benzene rings is 2. The molecule has 0 radical (unpaired) electrons. The zero-order valence-corrected chi connectivity index (χ0v) is 26.5. The molecular formula is C40H48. The molecule has 2 aromatic rings. The average molecular weight is 529 g/mol. The van der Waals surface area contributed by atoms with E-state index in [4.69, 9.17) is 13.2 Å². The van der Waals surface area contributed by atoms with Gasteiger partial charge in [-0.05, 0) is 138 Å². The maximum atomic E-state index is 4.87. The smallest absolute Gasteiger partial charge is 0.0194 e. The fourth-order valence-electron chi connectivity index (χ4n) is 9.19. The van der Waals surface area contributed by atoms with Crippen LogP contribution in [0.3, 0.4) is 0 Å². The Balaban J connectivity index is 1.78. The van der Waals surface area contributed by atoms with E-state index < -0.39 is 0 Å². The molecule has 0 saturated heterocycles. The van der Waals surface area contributed by atoms with E-state index in [1.54, 1.807) is 0 Å². The summed E-state index contributed by atoms with van der Waals surface area (Å²) in [6.07, 6.45) is 4.22. The molecule has 2 aromatic carbocycles. The standard InChI is InChI=1S/C40H48/c1-14-30-16-17-31(23(2)3)19-33(30)32-18-15-25(6)36-27(8)37-29(10)40(13)28(9)35(24(4)5)26(7)20-39(40,12)22-38(37,11)21-34(32)36/h15-19H,2,4,8-9,14,20-22H2,1,3,5-7,10-13H3/t38-,39+,40-/m1/s1. The first-order valence-corrected chi connectivity index (χ1v) is 15.0. The van der Waals surface area contributed by atoms with Crippen LogP contribution in [0.25, 0.3) is 22.3 Å². The van der Waals surface area contributed by atoms with Gasteiger partial charge in [0.05, 0.1) is 0 Å². The molecule has 0 aromatic heterocycles. The Morgan fingerprint density at radius 3 is 2.15 bits per heavy atom. The first-order valence-electron chi connectivity index (χ1n) is 15.0. The van der Waals surface area contributed by atoms with Crippen LogP contribution in [0.5, 0.6) is 0 Å². The summed E-state index contributed by atoms with van der Waals surface area (Å²) in [5.74, 6) is 0. The summed E-state index contributed by atoms with van der Waals surface area (Å²) in [6, 6.07) is 11.6. The average Bonchev–Trinajstić information content (AvgIpc) is 2.85. The van der Waals surface area contributed by atoms with Crippen LogP contribution in [0.15, 0.2) is 90.1 Å². The molecule has 0 saturated carbocycles. The molecule has 3 aliphatic rings. The van der Waals surface area contributed by atoms with Gasteiger partial charge in [-0.3, -0.25) is 0 Å². The Morgan fingerprint density at radius 2 is 1.55 bits per heavy atom. The van der Waals surface area contributed by atoms with Gasteiger partial charge in [0.25, 0.3) is 0 Å². The zero-order chi connectivity index (χ0) is 29.5. The lowest BCUT2D eigenvalue weighted by Gasteiger charge is -2.62. The van der Waals surface area contributed by atoms with Crippen molar-refractivity contribution in [1.82, 2.24) is 0 Å². The van der Waals surface area contributed by atoms with Gasteiger partial charge in [-0.25, -0.2) is 0 Å². The van der Waals surface area contributed by atoms with Gasteiger partial charge in [-0.2, -0.15) is 0 Å². The maximum Gasteiger partial charge on any atom is 0.0194 e. The Morgan fingerprint density at radius 1 is 0.875 bits per heavy atom. The number of allylic oxidation sites excluding steroid dienone is 8. The van der Waals surface area contributed by atoms with Crippen LogP contribution in [-0.4, -0.2) is 0 Å². The minimum Gasteiger partial charge on any atom is -0.0955 e. The van der Waals surface area contributed by atoms with Gasteiger partial charge in [0.15, 0.2) is 0 Å². The second kappa shape index (κ2) is 9.20. The van der Waals surface area contributed by atoms with Crippen molar-refractivity contribution in [2.24, 2.45) is 16.2 Å². The van der Waals surface area contributed by atoms with Gasteiger partial charge in [-0.15, -0.1) is 0 Å². The monoisotopic (exact) mass is 528 g/mol. The fourth-order valence-corrected chi connectivity index (χ4v) is 9.19. The second-order valence-corrected chi connectivity index (χ2v) is 14.0. The highest BCUT2D eigenvalue weighted by atomic mass is 14.6. The number of hydrogen-bond acceptors (Lipinski definition) is 0. The molecule has 0 fully saturated rings. The SMILES string of the molecule is C=C(C)C1=C(C)C[C@@]2(C)C[C@@]3(C)Cc4c(-c5cc(C(=C)C)ccc5CC)ccc(C)c4C(=C)C3=C(C)[C@@]2(C)C1=C. The summed E-state index contributed by atoms with van der Waals surface area (Å²) >= 11 is 0. The highest BCUT2D eigenvalue weighted by molar-refractivity contribution is 5.91. The third kappa shape index (κ3) is 3.71. The topological polar surface area (TPSA) is 0 Å². The lowest BCUT2D eigenvalue weighted by molar-refractivity contribution is 0.0544. The molecule has 0 amide bonds. The fraction of sp³-hybridized carbons (Fsp3) is 0.400. The Hall–Kier alpha value is -3.12. The zero-order valence-electron chi connectivity index (χ0n) is 26.5. The maximum absolute atomic E-state index is 4.87. The third-order valence-electron chi connectivity index (χ3n) is 11.1. The molecule has 208 valence electrons. The molecule has 3 aliphatic carbocycles. The molecule has 40 heavy (non-hydrogen) atoms. The largest absolute Gasteiger partial charge is 0.0955 e. The molecule has 0 heterocycles. The van der Waals surface area contributed by atoms with E-state index in [-0.39, 0.29) is 16.2 Å². The predicted molar refractivity (Wildman–Crippen MR) is 176 cm³/mol. The predicted octanol–water partition coefficient (Wildman–Crippen LogP) is 11.4. The van der Waals surface area contributed by atoms with Crippen molar-refractivity contribution >= 4 is 11.1 Å². The van der Waals surface area contributed by atoms with Gasteiger partial charge >= 0.3 is 0 Å². The summed E-state index contributed by atoms with van der Waals surface area (Å²) in [5, 5.41) is 0. The van der Waals surface area contributed by atoms with Crippen molar-refractivity contribution in [3.05, 3.63) is 118 Å². The highest BCUT2D eigenvalue weighted by Crippen LogP contribution is 2.70. The van der Waals surface area contributed by atoms with Crippen molar-refractivity contribution in [3.8, 4) is 11.1 Å². The number of fused-ring (bicyclic) bond motifs is 3. The molecule has 5 rings (SSSR count). The Kier molecular flexibility index (Phi) is 6.53. The normalized spacial score (nSPS) is 27.8. The Labute approximate surface area is 244 Å². The van der Waals surface area contributed by atoms with Crippen molar-refractivity contribution in [2.45, 2.75) is 88.0 Å². The molecule has 0 unspecified atom stereocenters. The molecule has 0 spiro atoms. The van der Waals surface area contributed by atoms with Gasteiger partial charge < -0.3 is 0 Å². The van der Waals surface area contributed by atoms with Gasteiger partial charge in [0.1, 0.15) is 0 Å². The first-order chi connectivity index (χ1) is 18.6. The van der Waals surface area contributed by atoms with Crippen molar-refractivity contribution in [1.29, 1.82) is 0 Å². The highest BCUT2D eigenvalue weighted by Gasteiger charge is 2.59. The molecule has 0 heteroatoms. The van der Waals surface area contributed by atoms with E-state index >= 15 is 0 Å². The van der Waals surface area contributed by atoms with Crippen LogP contribution in [0.4, 0.5) is 0 Å². The number of rotatable bonds is 4. The van der Waals surface area contributed by atoms with Crippen LogP contribution in [-0.2, 0) is 12.8 Å². The van der Waals surface area contributed by atoms with E-state index in [0.29, 0.717) is 0 Å². The molecule has 0 nitrogen and oxygen atoms in total. The number of aryl methyl sites for hydroxylation is 2. The Bertz CT molecular complexity index is 1600. The lowest BCUT2D eigenvalue weighted by atomic mass is 9.41. The summed E-state index contributed by atoms with van der Waals surface area (Å²) < 4.78 is 0. The van der Waals surface area contributed by atoms with Crippen molar-refractivity contribution < 1.29 is 0 Å². The summed E-state index contributed by atoms with van der Waals surface area (Å²) in [4.78, 5) is 0. The van der Waals surface area contributed by atoms with E-state index in [2.05, 4.69) is 106 Å². The van der Waals surface area contributed by atoms with Crippen molar-refractivity contribution in [3.63, 3.8) is 0 Å². The number of hydrogen-bond donors (Lipinski definition) is 0. The quantitative estimate of drug-likeness (QED) is 0.370. The molecule has 0 aliphatic heterocycles. The van der Waals surface area contributed by atoms with Crippen molar-refractivity contribution in [2.75, 3.05) is 0 Å². The first kappa shape index (κ1) is 28.4. The minimum absolute atomic E-state index is 0.00456. The van der Waals surface area contributed by atoms with Gasteiger partial charge in [0.2, 0.25) is 0 Å². The van der Waals surface area contributed by atoms with E-state index in [0.717, 1.165) is 36.8 Å². The van der Waals surface area contributed by atoms with Gasteiger partial charge in [0, 0.05) is 5.41 Å². The third-order valence-corrected chi connectivity index (χ3v) is 11.1. The van der Waals surface area contributed by atoms with Crippen LogP contribution >= 0.6 is 0 Å². The minimum atomic E-state index is -0.132. The van der Waals surface area contributed by atoms with E-state index in [1.165, 1.54) is 72.4 Å². The summed E-state index contributed by atoms with van der Waals surface area (Å²) in [6.45, 7) is 39.2. The van der Waals surface area contributed by atoms with Gasteiger partial charge in [-0.1, -0.05) is 101 Å². The molecular weight excluding hydrogens is 480 g/mol. The van der Waals surface area contributed by atoms with Crippen LogP contribution < -0.4 is 0 Å². The van der Waals surface area contributed by atoms with Crippen LogP contribution in [0, 0.1) is 23.2 Å². The summed E-state index contributed by atoms with van der Waals surface area (Å²) in [7, 11) is 0. The molecule has 0 N–H and O–H groups in total. The molecule has 0 bridgehead atoms. The van der Waals surface area contributed by atoms with E-state index in [1.807, 2.05) is 0 Å². The lowest BCUT2D eigenvalue weighted by Crippen LogP contribution is -2.52.